The summed E-state index contributed by atoms with van der Waals surface area (Å²) >= 11 is 7.40. The van der Waals surface area contributed by atoms with Gasteiger partial charge in [-0.25, -0.2) is 0 Å². The summed E-state index contributed by atoms with van der Waals surface area (Å²) < 4.78 is 21.6. The van der Waals surface area contributed by atoms with E-state index >= 15 is 0 Å². The van der Waals surface area contributed by atoms with Crippen LogP contribution in [-0.4, -0.2) is 51.4 Å². The van der Waals surface area contributed by atoms with E-state index in [9.17, 15) is 14.4 Å². The number of methoxy groups -OCH3 is 4. The molecule has 47 heavy (non-hydrogen) atoms. The average Bonchev–Trinajstić information content (AvgIpc) is 3.08. The first kappa shape index (κ1) is 34.7. The fourth-order valence-electron chi connectivity index (χ4n) is 4.41. The Morgan fingerprint density at radius 2 is 1.45 bits per heavy atom. The second kappa shape index (κ2) is 16.4. The van der Waals surface area contributed by atoms with E-state index in [-0.39, 0.29) is 11.6 Å². The zero-order chi connectivity index (χ0) is 33.9. The molecule has 0 heterocycles. The van der Waals surface area contributed by atoms with Crippen LogP contribution < -0.4 is 34.9 Å². The number of halogens is 1. The van der Waals surface area contributed by atoms with E-state index in [1.807, 2.05) is 6.07 Å². The van der Waals surface area contributed by atoms with Gasteiger partial charge in [-0.3, -0.25) is 14.4 Å². The van der Waals surface area contributed by atoms with Gasteiger partial charge in [-0.1, -0.05) is 35.9 Å². The van der Waals surface area contributed by atoms with Gasteiger partial charge < -0.3 is 34.9 Å². The molecule has 0 bridgehead atoms. The second-order valence-corrected chi connectivity index (χ2v) is 11.8. The van der Waals surface area contributed by atoms with Crippen LogP contribution >= 0.6 is 23.4 Å². The summed E-state index contributed by atoms with van der Waals surface area (Å²) in [5.41, 5.74) is 1.77. The summed E-state index contributed by atoms with van der Waals surface area (Å²) in [5.74, 6) is 0.316. The lowest BCUT2D eigenvalue weighted by molar-refractivity contribution is -0.115. The fourth-order valence-corrected chi connectivity index (χ4v) is 5.51. The number of hydrogen-bond acceptors (Lipinski definition) is 8. The molecule has 0 saturated heterocycles. The van der Waals surface area contributed by atoms with Crippen molar-refractivity contribution in [2.45, 2.75) is 17.1 Å². The van der Waals surface area contributed by atoms with Crippen molar-refractivity contribution in [3.05, 3.63) is 107 Å². The van der Waals surface area contributed by atoms with E-state index in [0.29, 0.717) is 50.5 Å². The highest BCUT2D eigenvalue weighted by Gasteiger charge is 2.20. The number of carbonyl (C=O) groups is 3. The van der Waals surface area contributed by atoms with Crippen molar-refractivity contribution in [3.63, 3.8) is 0 Å². The number of benzene rings is 4. The molecule has 0 fully saturated rings. The SMILES string of the molecule is COc1ccc(Cl)cc1NC(=O)C(C)Sc1cccc(NC(=O)/C(=C\c2cc(OC)c(OC)c(OC)c2)NC(=O)c2ccccc2)c1. The molecule has 0 aliphatic carbocycles. The Morgan fingerprint density at radius 3 is 2.09 bits per heavy atom. The minimum absolute atomic E-state index is 0.0330. The Kier molecular flexibility index (Phi) is 12.1. The Morgan fingerprint density at radius 1 is 0.766 bits per heavy atom. The molecule has 3 N–H and O–H groups in total. The van der Waals surface area contributed by atoms with E-state index in [1.54, 1.807) is 85.8 Å². The largest absolute Gasteiger partial charge is 0.495 e. The molecule has 0 aromatic heterocycles. The van der Waals surface area contributed by atoms with E-state index < -0.39 is 17.1 Å². The third-order valence-electron chi connectivity index (χ3n) is 6.72. The van der Waals surface area contributed by atoms with Crippen molar-refractivity contribution in [3.8, 4) is 23.0 Å². The molecule has 1 unspecified atom stereocenters. The summed E-state index contributed by atoms with van der Waals surface area (Å²) in [6.07, 6.45) is 1.51. The molecule has 1 atom stereocenters. The third kappa shape index (κ3) is 9.21. The van der Waals surface area contributed by atoms with Crippen LogP contribution in [0.3, 0.4) is 0 Å². The highest BCUT2D eigenvalue weighted by atomic mass is 35.5. The Balaban J connectivity index is 1.56. The number of anilines is 2. The molecular formula is C35H34ClN3O7S. The van der Waals surface area contributed by atoms with Gasteiger partial charge in [0.1, 0.15) is 11.4 Å². The number of amides is 3. The van der Waals surface area contributed by atoms with Crippen molar-refractivity contribution in [2.24, 2.45) is 0 Å². The minimum Gasteiger partial charge on any atom is -0.495 e. The maximum absolute atomic E-state index is 13.7. The van der Waals surface area contributed by atoms with Crippen LogP contribution in [-0.2, 0) is 9.59 Å². The first-order valence-electron chi connectivity index (χ1n) is 14.3. The molecule has 10 nitrogen and oxygen atoms in total. The van der Waals surface area contributed by atoms with Crippen LogP contribution in [0.1, 0.15) is 22.8 Å². The van der Waals surface area contributed by atoms with Crippen molar-refractivity contribution < 1.29 is 33.3 Å². The predicted octanol–water partition coefficient (Wildman–Crippen LogP) is 6.90. The summed E-state index contributed by atoms with van der Waals surface area (Å²) in [6.45, 7) is 1.76. The number of carbonyl (C=O) groups excluding carboxylic acids is 3. The Bertz CT molecular complexity index is 1760. The first-order chi connectivity index (χ1) is 22.6. The number of hydrogen-bond donors (Lipinski definition) is 3. The molecule has 244 valence electrons. The lowest BCUT2D eigenvalue weighted by atomic mass is 10.1. The number of rotatable bonds is 13. The zero-order valence-electron chi connectivity index (χ0n) is 26.4. The molecule has 0 aliphatic heterocycles. The highest BCUT2D eigenvalue weighted by molar-refractivity contribution is 8.00. The highest BCUT2D eigenvalue weighted by Crippen LogP contribution is 2.39. The molecule has 4 aromatic rings. The molecule has 0 aliphatic rings. The maximum Gasteiger partial charge on any atom is 0.272 e. The van der Waals surface area contributed by atoms with Gasteiger partial charge in [0.2, 0.25) is 11.7 Å². The van der Waals surface area contributed by atoms with Crippen LogP contribution in [0.2, 0.25) is 5.02 Å². The van der Waals surface area contributed by atoms with Gasteiger partial charge in [0.05, 0.1) is 39.4 Å². The van der Waals surface area contributed by atoms with E-state index in [4.69, 9.17) is 30.5 Å². The van der Waals surface area contributed by atoms with Gasteiger partial charge in [-0.15, -0.1) is 11.8 Å². The van der Waals surface area contributed by atoms with Crippen molar-refractivity contribution >= 4 is 58.5 Å². The van der Waals surface area contributed by atoms with Gasteiger partial charge in [0.25, 0.3) is 11.8 Å². The van der Waals surface area contributed by atoms with Crippen molar-refractivity contribution in [2.75, 3.05) is 39.1 Å². The van der Waals surface area contributed by atoms with Gasteiger partial charge in [-0.05, 0) is 79.2 Å². The Hall–Kier alpha value is -5.13. The van der Waals surface area contributed by atoms with E-state index in [1.165, 1.54) is 46.3 Å². The predicted molar refractivity (Wildman–Crippen MR) is 185 cm³/mol. The molecule has 4 rings (SSSR count). The molecule has 12 heteroatoms. The molecule has 3 amide bonds. The van der Waals surface area contributed by atoms with Crippen LogP contribution in [0.5, 0.6) is 23.0 Å². The smallest absolute Gasteiger partial charge is 0.272 e. The number of nitrogens with one attached hydrogen (secondary N) is 3. The summed E-state index contributed by atoms with van der Waals surface area (Å²) in [4.78, 5) is 40.5. The third-order valence-corrected chi connectivity index (χ3v) is 8.05. The molecule has 0 spiro atoms. The summed E-state index contributed by atoms with van der Waals surface area (Å²) in [6, 6.07) is 23.9. The van der Waals surface area contributed by atoms with Crippen LogP contribution in [0, 0.1) is 0 Å². The topological polar surface area (TPSA) is 124 Å². The normalized spacial score (nSPS) is 11.6. The van der Waals surface area contributed by atoms with Gasteiger partial charge in [0, 0.05) is 21.2 Å². The fraction of sp³-hybridized carbons (Fsp3) is 0.171. The second-order valence-electron chi connectivity index (χ2n) is 9.91. The van der Waals surface area contributed by atoms with Crippen LogP contribution in [0.15, 0.2) is 95.5 Å². The lowest BCUT2D eigenvalue weighted by Crippen LogP contribution is -2.30. The minimum atomic E-state index is -0.580. The lowest BCUT2D eigenvalue weighted by Gasteiger charge is -2.16. The quantitative estimate of drug-likeness (QED) is 0.103. The average molecular weight is 676 g/mol. The van der Waals surface area contributed by atoms with E-state index in [2.05, 4.69) is 16.0 Å². The standard InChI is InChI=1S/C35H34ClN3O7S/c1-21(33(40)38-27-19-24(36)14-15-29(27)43-2)47-26-13-9-12-25(20-26)37-35(42)28(39-34(41)23-10-7-6-8-11-23)16-22-17-30(44-3)32(46-5)31(18-22)45-4/h6-21H,1-5H3,(H,37,42)(H,38,40)(H,39,41)/b28-16+. The van der Waals surface area contributed by atoms with Gasteiger partial charge in [0.15, 0.2) is 11.5 Å². The summed E-state index contributed by atoms with van der Waals surface area (Å²) in [7, 11) is 5.97. The maximum atomic E-state index is 13.7. The van der Waals surface area contributed by atoms with Crippen LogP contribution in [0.4, 0.5) is 11.4 Å². The number of ether oxygens (including phenoxy) is 4. The van der Waals surface area contributed by atoms with Crippen molar-refractivity contribution in [1.82, 2.24) is 5.32 Å². The molecule has 0 radical (unpaired) electrons. The van der Waals surface area contributed by atoms with Gasteiger partial charge >= 0.3 is 0 Å². The monoisotopic (exact) mass is 675 g/mol. The molecule has 0 saturated carbocycles. The summed E-state index contributed by atoms with van der Waals surface area (Å²) in [5, 5.41) is 8.37. The molecule has 4 aromatic carbocycles. The first-order valence-corrected chi connectivity index (χ1v) is 15.5. The van der Waals surface area contributed by atoms with Gasteiger partial charge in [-0.2, -0.15) is 0 Å². The number of thioether (sulfide) groups is 1. The Labute approximate surface area is 282 Å². The zero-order valence-corrected chi connectivity index (χ0v) is 28.0. The van der Waals surface area contributed by atoms with Crippen molar-refractivity contribution in [1.29, 1.82) is 0 Å². The molecular weight excluding hydrogens is 642 g/mol. The van der Waals surface area contributed by atoms with E-state index in [0.717, 1.165) is 4.90 Å². The van der Waals surface area contributed by atoms with Crippen LogP contribution in [0.25, 0.3) is 6.08 Å².